The van der Waals surface area contributed by atoms with Crippen molar-refractivity contribution >= 4 is 14.2 Å². The summed E-state index contributed by atoms with van der Waals surface area (Å²) in [5.74, 6) is -0.827. The summed E-state index contributed by atoms with van der Waals surface area (Å²) in [6.07, 6.45) is 0.538. The highest BCUT2D eigenvalue weighted by molar-refractivity contribution is 6.74. The molecule has 22 heavy (non-hydrogen) atoms. The number of carbonyl (C=O) groups excluding carboxylic acids is 1. The van der Waals surface area contributed by atoms with Gasteiger partial charge in [-0.25, -0.2) is 0 Å². The largest absolute Gasteiger partial charge is 0.413 e. The molecule has 0 aliphatic rings. The highest BCUT2D eigenvalue weighted by atomic mass is 28.4. The zero-order chi connectivity index (χ0) is 17.6. The minimum Gasteiger partial charge on any atom is -0.413 e. The van der Waals surface area contributed by atoms with E-state index in [1.54, 1.807) is 6.08 Å². The third kappa shape index (κ3) is 6.30. The first-order chi connectivity index (χ1) is 9.96. The number of rotatable bonds is 8. The van der Waals surface area contributed by atoms with E-state index < -0.39 is 20.5 Å². The number of ether oxygens (including phenoxy) is 1. The van der Waals surface area contributed by atoms with Gasteiger partial charge in [-0.3, -0.25) is 4.79 Å². The Bertz CT molecular complexity index is 424. The molecule has 0 aliphatic heterocycles. The van der Waals surface area contributed by atoms with Crippen LogP contribution in [0.2, 0.25) is 18.1 Å². The minimum absolute atomic E-state index is 0.0484. The molecule has 126 valence electrons. The molecule has 0 aromatic carbocycles. The Balaban J connectivity index is 5.14. The van der Waals surface area contributed by atoms with E-state index in [0.717, 1.165) is 0 Å². The van der Waals surface area contributed by atoms with E-state index in [1.165, 1.54) is 6.92 Å². The second kappa shape index (κ2) is 8.46. The molecular weight excluding hydrogens is 296 g/mol. The third-order valence-corrected chi connectivity index (χ3v) is 8.58. The summed E-state index contributed by atoms with van der Waals surface area (Å²) in [6.45, 7) is 17.8. The lowest BCUT2D eigenvalue weighted by Gasteiger charge is -2.40. The molecule has 0 bridgehead atoms. The smallest absolute Gasteiger partial charge is 0.218 e. The maximum absolute atomic E-state index is 11.3. The number of carbonyl (C=O) groups is 1. The quantitative estimate of drug-likeness (QED) is 0.422. The van der Waals surface area contributed by atoms with Crippen molar-refractivity contribution in [3.05, 3.63) is 12.7 Å². The van der Waals surface area contributed by atoms with Gasteiger partial charge < -0.3 is 14.5 Å². The first-order valence-corrected chi connectivity index (χ1v) is 10.4. The molecule has 0 aliphatic carbocycles. The molecule has 0 aromatic heterocycles. The van der Waals surface area contributed by atoms with E-state index in [4.69, 9.17) is 9.16 Å². The van der Waals surface area contributed by atoms with Crippen LogP contribution in [0.3, 0.4) is 0 Å². The van der Waals surface area contributed by atoms with E-state index in [0.29, 0.717) is 0 Å². The number of nitrogens with zero attached hydrogens (tertiary/aromatic N) is 1. The molecule has 5 nitrogen and oxygen atoms in total. The topological polar surface area (TPSA) is 71.3 Å². The Morgan fingerprint density at radius 2 is 2.00 bits per heavy atom. The SMILES string of the molecule is C=CCO[C@@H](NC(C)=O)[C@H](C#N)[C@@H](C)O[Si](C)(C)C(C)(C)C. The van der Waals surface area contributed by atoms with Crippen LogP contribution in [0.5, 0.6) is 0 Å². The van der Waals surface area contributed by atoms with Crippen LogP contribution in [0.1, 0.15) is 34.6 Å². The number of nitrogens with one attached hydrogen (secondary N) is 1. The average molecular weight is 327 g/mol. The number of hydrogen-bond donors (Lipinski definition) is 1. The van der Waals surface area contributed by atoms with Crippen molar-refractivity contribution < 1.29 is 14.0 Å². The molecule has 0 saturated heterocycles. The van der Waals surface area contributed by atoms with Crippen LogP contribution in [0.25, 0.3) is 0 Å². The molecule has 0 unspecified atom stereocenters. The Labute approximate surface area is 135 Å². The van der Waals surface area contributed by atoms with Crippen LogP contribution in [-0.4, -0.2) is 33.2 Å². The number of hydrogen-bond acceptors (Lipinski definition) is 4. The summed E-state index contributed by atoms with van der Waals surface area (Å²) in [6, 6.07) is 2.21. The van der Waals surface area contributed by atoms with Gasteiger partial charge in [0.05, 0.1) is 18.8 Å². The molecule has 0 saturated carbocycles. The summed E-state index contributed by atoms with van der Waals surface area (Å²) in [4.78, 5) is 11.3. The lowest BCUT2D eigenvalue weighted by molar-refractivity contribution is -0.125. The molecule has 1 amide bonds. The van der Waals surface area contributed by atoms with Crippen molar-refractivity contribution in [2.75, 3.05) is 6.61 Å². The fraction of sp³-hybridized carbons (Fsp3) is 0.750. The monoisotopic (exact) mass is 326 g/mol. The number of amides is 1. The highest BCUT2D eigenvalue weighted by Crippen LogP contribution is 2.38. The lowest BCUT2D eigenvalue weighted by Crippen LogP contribution is -2.50. The molecule has 0 fully saturated rings. The second-order valence-corrected chi connectivity index (χ2v) is 11.7. The van der Waals surface area contributed by atoms with E-state index >= 15 is 0 Å². The maximum Gasteiger partial charge on any atom is 0.218 e. The van der Waals surface area contributed by atoms with Gasteiger partial charge in [-0.05, 0) is 25.1 Å². The van der Waals surface area contributed by atoms with E-state index in [1.807, 2.05) is 6.92 Å². The van der Waals surface area contributed by atoms with Gasteiger partial charge in [0.15, 0.2) is 8.32 Å². The van der Waals surface area contributed by atoms with E-state index in [-0.39, 0.29) is 23.7 Å². The summed E-state index contributed by atoms with van der Waals surface area (Å²) < 4.78 is 11.8. The molecule has 0 heterocycles. The predicted molar refractivity (Wildman–Crippen MR) is 90.6 cm³/mol. The normalized spacial score (nSPS) is 16.3. The third-order valence-electron chi connectivity index (χ3n) is 4.01. The molecule has 0 radical (unpaired) electrons. The van der Waals surface area contributed by atoms with E-state index in [2.05, 4.69) is 51.8 Å². The molecule has 0 rings (SSSR count). The van der Waals surface area contributed by atoms with Gasteiger partial charge in [0.1, 0.15) is 12.1 Å². The summed E-state index contributed by atoms with van der Waals surface area (Å²) in [5.41, 5.74) is 0. The molecular formula is C16H30N2O3Si. The van der Waals surface area contributed by atoms with Gasteiger partial charge in [-0.1, -0.05) is 26.8 Å². The Morgan fingerprint density at radius 1 is 1.45 bits per heavy atom. The summed E-state index contributed by atoms with van der Waals surface area (Å²) in [5, 5.41) is 12.2. The van der Waals surface area contributed by atoms with Crippen LogP contribution in [0.4, 0.5) is 0 Å². The molecule has 1 N–H and O–H groups in total. The molecule has 0 spiro atoms. The van der Waals surface area contributed by atoms with Crippen LogP contribution in [-0.2, 0) is 14.0 Å². The fourth-order valence-corrected chi connectivity index (χ4v) is 3.17. The van der Waals surface area contributed by atoms with Crippen molar-refractivity contribution in [3.8, 4) is 6.07 Å². The van der Waals surface area contributed by atoms with Crippen molar-refractivity contribution in [1.82, 2.24) is 5.32 Å². The van der Waals surface area contributed by atoms with Gasteiger partial charge in [0, 0.05) is 6.92 Å². The lowest BCUT2D eigenvalue weighted by atomic mass is 10.0. The summed E-state index contributed by atoms with van der Waals surface area (Å²) >= 11 is 0. The zero-order valence-electron chi connectivity index (χ0n) is 14.9. The maximum atomic E-state index is 11.3. The van der Waals surface area contributed by atoms with Crippen molar-refractivity contribution in [2.45, 2.75) is 65.1 Å². The van der Waals surface area contributed by atoms with Gasteiger partial charge in [-0.2, -0.15) is 5.26 Å². The first-order valence-electron chi connectivity index (χ1n) is 7.53. The van der Waals surface area contributed by atoms with Crippen LogP contribution in [0.15, 0.2) is 12.7 Å². The zero-order valence-corrected chi connectivity index (χ0v) is 15.9. The number of nitriles is 1. The summed E-state index contributed by atoms with van der Waals surface area (Å²) in [7, 11) is -2.00. The first kappa shape index (κ1) is 20.8. The Kier molecular flexibility index (Phi) is 8.02. The second-order valence-electron chi connectivity index (χ2n) is 6.98. The van der Waals surface area contributed by atoms with Crippen molar-refractivity contribution in [2.24, 2.45) is 5.92 Å². The minimum atomic E-state index is -2.00. The van der Waals surface area contributed by atoms with Gasteiger partial charge in [-0.15, -0.1) is 6.58 Å². The Morgan fingerprint density at radius 3 is 2.36 bits per heavy atom. The van der Waals surface area contributed by atoms with Gasteiger partial charge in [0.2, 0.25) is 5.91 Å². The van der Waals surface area contributed by atoms with Crippen molar-refractivity contribution in [1.29, 1.82) is 5.26 Å². The molecule has 6 heteroatoms. The van der Waals surface area contributed by atoms with Crippen LogP contribution >= 0.6 is 0 Å². The Hall–Kier alpha value is -1.16. The average Bonchev–Trinajstić information content (AvgIpc) is 2.33. The van der Waals surface area contributed by atoms with Crippen LogP contribution < -0.4 is 5.32 Å². The van der Waals surface area contributed by atoms with Gasteiger partial charge in [0.25, 0.3) is 0 Å². The predicted octanol–water partition coefficient (Wildman–Crippen LogP) is 3.20. The van der Waals surface area contributed by atoms with Crippen molar-refractivity contribution in [3.63, 3.8) is 0 Å². The molecule has 3 atom stereocenters. The highest BCUT2D eigenvalue weighted by Gasteiger charge is 2.41. The van der Waals surface area contributed by atoms with Gasteiger partial charge >= 0.3 is 0 Å². The standard InChI is InChI=1S/C16H30N2O3Si/c1-9-10-20-15(18-13(3)19)14(11-17)12(2)21-22(7,8)16(4,5)6/h9,12,14-15H,1,10H2,2-8H3,(H,18,19)/t12-,14-,15-/m1/s1. The van der Waals surface area contributed by atoms with E-state index in [9.17, 15) is 10.1 Å². The molecule has 0 aromatic rings. The van der Waals surface area contributed by atoms with Crippen LogP contribution in [0, 0.1) is 17.2 Å². The fourth-order valence-electron chi connectivity index (χ4n) is 1.74.